The van der Waals surface area contributed by atoms with Crippen LogP contribution in [0.1, 0.15) is 21.9 Å². The lowest BCUT2D eigenvalue weighted by atomic mass is 10.2. The number of hydrogen-bond donors (Lipinski definition) is 2. The van der Waals surface area contributed by atoms with E-state index in [2.05, 4.69) is 20.4 Å². The summed E-state index contributed by atoms with van der Waals surface area (Å²) >= 11 is 0. The summed E-state index contributed by atoms with van der Waals surface area (Å²) in [6, 6.07) is 7.35. The first-order valence-electron chi connectivity index (χ1n) is 7.34. The molecule has 0 aliphatic carbocycles. The van der Waals surface area contributed by atoms with Gasteiger partial charge in [-0.3, -0.25) is 9.59 Å². The average molecular weight is 327 g/mol. The minimum absolute atomic E-state index is 0.0432. The van der Waals surface area contributed by atoms with Crippen molar-refractivity contribution in [1.29, 1.82) is 0 Å². The number of carbonyl (C=O) groups excluding carboxylic acids is 1. The second kappa shape index (κ2) is 6.15. The first-order valence-corrected chi connectivity index (χ1v) is 7.34. The monoisotopic (exact) mass is 327 g/mol. The summed E-state index contributed by atoms with van der Waals surface area (Å²) in [6.07, 6.45) is 0. The number of rotatable bonds is 4. The molecule has 0 bridgehead atoms. The molecule has 8 heteroatoms. The summed E-state index contributed by atoms with van der Waals surface area (Å²) in [5, 5.41) is 7.27. The normalized spacial score (nSPS) is 10.8. The lowest BCUT2D eigenvalue weighted by Crippen LogP contribution is -2.27. The summed E-state index contributed by atoms with van der Waals surface area (Å²) in [4.78, 5) is 31.1. The second-order valence-corrected chi connectivity index (χ2v) is 5.36. The molecule has 0 atom stereocenters. The Morgan fingerprint density at radius 2 is 2.21 bits per heavy atom. The standard InChI is InChI=1S/C16H17N5O3/c1-9-12-14(21(2)20-9)18-13(19-15(12)22)16(23)17-8-10-5-4-6-11(7-10)24-3/h4-7H,8H2,1-3H3,(H,17,23)(H,18,19,22). The molecule has 1 amide bonds. The van der Waals surface area contributed by atoms with Crippen LogP contribution >= 0.6 is 0 Å². The van der Waals surface area contributed by atoms with E-state index in [1.54, 1.807) is 21.1 Å². The van der Waals surface area contributed by atoms with E-state index >= 15 is 0 Å². The second-order valence-electron chi connectivity index (χ2n) is 5.36. The highest BCUT2D eigenvalue weighted by atomic mass is 16.5. The van der Waals surface area contributed by atoms with Crippen LogP contribution < -0.4 is 15.6 Å². The molecule has 3 rings (SSSR count). The summed E-state index contributed by atoms with van der Waals surface area (Å²) in [5.74, 6) is 0.203. The van der Waals surface area contributed by atoms with Crippen LogP contribution in [-0.2, 0) is 13.6 Å². The molecular formula is C16H17N5O3. The summed E-state index contributed by atoms with van der Waals surface area (Å²) in [6.45, 7) is 2.02. The SMILES string of the molecule is COc1cccc(CNC(=O)c2nc3c(c(C)nn3C)c(=O)[nH]2)c1. The molecule has 8 nitrogen and oxygen atoms in total. The maximum absolute atomic E-state index is 12.3. The number of amides is 1. The van der Waals surface area contributed by atoms with Gasteiger partial charge >= 0.3 is 0 Å². The fourth-order valence-electron chi connectivity index (χ4n) is 2.50. The van der Waals surface area contributed by atoms with Crippen molar-refractivity contribution in [3.05, 3.63) is 51.7 Å². The molecule has 2 heterocycles. The Kier molecular flexibility index (Phi) is 4.03. The van der Waals surface area contributed by atoms with Gasteiger partial charge in [0.2, 0.25) is 5.82 Å². The van der Waals surface area contributed by atoms with Crippen LogP contribution in [0.2, 0.25) is 0 Å². The Labute approximate surface area is 137 Å². The molecule has 124 valence electrons. The van der Waals surface area contributed by atoms with Crippen LogP contribution in [-0.4, -0.2) is 32.8 Å². The fraction of sp³-hybridized carbons (Fsp3) is 0.250. The van der Waals surface area contributed by atoms with Crippen molar-refractivity contribution in [1.82, 2.24) is 25.1 Å². The van der Waals surface area contributed by atoms with E-state index in [9.17, 15) is 9.59 Å². The van der Waals surface area contributed by atoms with Gasteiger partial charge in [0.1, 0.15) is 11.1 Å². The Bertz CT molecular complexity index is 973. The number of aromatic nitrogens is 4. The molecule has 0 spiro atoms. The molecule has 0 fully saturated rings. The van der Waals surface area contributed by atoms with Gasteiger partial charge < -0.3 is 15.0 Å². The first kappa shape index (κ1) is 15.7. The molecule has 24 heavy (non-hydrogen) atoms. The summed E-state index contributed by atoms with van der Waals surface area (Å²) in [5.41, 5.74) is 1.45. The summed E-state index contributed by atoms with van der Waals surface area (Å²) < 4.78 is 6.63. The third-order valence-corrected chi connectivity index (χ3v) is 3.67. The molecule has 0 aliphatic rings. The van der Waals surface area contributed by atoms with Crippen LogP contribution in [0.15, 0.2) is 29.1 Å². The molecule has 0 unspecified atom stereocenters. The highest BCUT2D eigenvalue weighted by Gasteiger charge is 2.16. The average Bonchev–Trinajstić information content (AvgIpc) is 2.87. The predicted octanol–water partition coefficient (Wildman–Crippen LogP) is 0.904. The molecule has 2 aromatic heterocycles. The van der Waals surface area contributed by atoms with Crippen LogP contribution in [0, 0.1) is 6.92 Å². The molecule has 0 saturated carbocycles. The zero-order valence-corrected chi connectivity index (χ0v) is 13.6. The highest BCUT2D eigenvalue weighted by molar-refractivity contribution is 5.92. The Morgan fingerprint density at radius 3 is 2.96 bits per heavy atom. The number of methoxy groups -OCH3 is 1. The Balaban J connectivity index is 1.83. The third-order valence-electron chi connectivity index (χ3n) is 3.67. The van der Waals surface area contributed by atoms with Gasteiger partial charge in [-0.05, 0) is 24.6 Å². The van der Waals surface area contributed by atoms with Crippen molar-refractivity contribution in [2.75, 3.05) is 7.11 Å². The molecule has 0 saturated heterocycles. The third kappa shape index (κ3) is 2.85. The maximum atomic E-state index is 12.3. The van der Waals surface area contributed by atoms with Crippen molar-refractivity contribution < 1.29 is 9.53 Å². The number of carbonyl (C=O) groups is 1. The van der Waals surface area contributed by atoms with Crippen LogP contribution in [0.5, 0.6) is 5.75 Å². The van der Waals surface area contributed by atoms with E-state index < -0.39 is 5.91 Å². The van der Waals surface area contributed by atoms with E-state index in [4.69, 9.17) is 4.74 Å². The minimum Gasteiger partial charge on any atom is -0.497 e. The number of aromatic amines is 1. The first-order chi connectivity index (χ1) is 11.5. The molecule has 3 aromatic rings. The van der Waals surface area contributed by atoms with E-state index in [1.165, 1.54) is 4.68 Å². The number of fused-ring (bicyclic) bond motifs is 1. The lowest BCUT2D eigenvalue weighted by molar-refractivity contribution is 0.0940. The van der Waals surface area contributed by atoms with E-state index in [0.29, 0.717) is 29.0 Å². The number of H-pyrrole nitrogens is 1. The molecular weight excluding hydrogens is 310 g/mol. The number of nitrogens with zero attached hydrogens (tertiary/aromatic N) is 3. The van der Waals surface area contributed by atoms with Crippen molar-refractivity contribution in [2.45, 2.75) is 13.5 Å². The van der Waals surface area contributed by atoms with Crippen molar-refractivity contribution in [2.24, 2.45) is 7.05 Å². The van der Waals surface area contributed by atoms with Gasteiger partial charge in [-0.15, -0.1) is 0 Å². The van der Waals surface area contributed by atoms with Gasteiger partial charge in [0.15, 0.2) is 5.65 Å². The number of ether oxygens (including phenoxy) is 1. The van der Waals surface area contributed by atoms with Gasteiger partial charge in [-0.1, -0.05) is 12.1 Å². The van der Waals surface area contributed by atoms with Gasteiger partial charge in [0, 0.05) is 13.6 Å². The number of aryl methyl sites for hydroxylation is 2. The largest absolute Gasteiger partial charge is 0.497 e. The molecule has 0 aliphatic heterocycles. The summed E-state index contributed by atoms with van der Waals surface area (Å²) in [7, 11) is 3.26. The quantitative estimate of drug-likeness (QED) is 0.741. The van der Waals surface area contributed by atoms with Crippen LogP contribution in [0.25, 0.3) is 11.0 Å². The molecule has 0 radical (unpaired) electrons. The number of nitrogens with one attached hydrogen (secondary N) is 2. The smallest absolute Gasteiger partial charge is 0.287 e. The van der Waals surface area contributed by atoms with Crippen molar-refractivity contribution in [3.8, 4) is 5.75 Å². The minimum atomic E-state index is -0.462. The Hall–Kier alpha value is -3.16. The zero-order chi connectivity index (χ0) is 17.3. The van der Waals surface area contributed by atoms with Crippen LogP contribution in [0.4, 0.5) is 0 Å². The maximum Gasteiger partial charge on any atom is 0.287 e. The van der Waals surface area contributed by atoms with Crippen molar-refractivity contribution >= 4 is 16.9 Å². The highest BCUT2D eigenvalue weighted by Crippen LogP contribution is 2.13. The lowest BCUT2D eigenvalue weighted by Gasteiger charge is -2.06. The number of benzene rings is 1. The fourth-order valence-corrected chi connectivity index (χ4v) is 2.50. The van der Waals surface area contributed by atoms with E-state index in [1.807, 2.05) is 24.3 Å². The predicted molar refractivity (Wildman–Crippen MR) is 88.0 cm³/mol. The van der Waals surface area contributed by atoms with Gasteiger partial charge in [-0.25, -0.2) is 9.67 Å². The topological polar surface area (TPSA) is 102 Å². The zero-order valence-electron chi connectivity index (χ0n) is 13.6. The van der Waals surface area contributed by atoms with Crippen LogP contribution in [0.3, 0.4) is 0 Å². The van der Waals surface area contributed by atoms with E-state index in [0.717, 1.165) is 5.56 Å². The van der Waals surface area contributed by atoms with Gasteiger partial charge in [-0.2, -0.15) is 5.10 Å². The van der Waals surface area contributed by atoms with Crippen molar-refractivity contribution in [3.63, 3.8) is 0 Å². The van der Waals surface area contributed by atoms with Gasteiger partial charge in [0.05, 0.1) is 12.8 Å². The van der Waals surface area contributed by atoms with Gasteiger partial charge in [0.25, 0.3) is 11.5 Å². The molecule has 1 aromatic carbocycles. The Morgan fingerprint density at radius 1 is 1.42 bits per heavy atom. The van der Waals surface area contributed by atoms with E-state index in [-0.39, 0.29) is 11.4 Å². The molecule has 2 N–H and O–H groups in total. The number of hydrogen-bond acceptors (Lipinski definition) is 5.